The normalized spacial score (nSPS) is 10.4. The Bertz CT molecular complexity index is 333. The van der Waals surface area contributed by atoms with Crippen LogP contribution in [0.25, 0.3) is 0 Å². The van der Waals surface area contributed by atoms with Gasteiger partial charge in [-0.1, -0.05) is 15.9 Å². The first-order valence-corrected chi connectivity index (χ1v) is 4.55. The van der Waals surface area contributed by atoms with Crippen molar-refractivity contribution in [2.24, 2.45) is 0 Å². The van der Waals surface area contributed by atoms with Crippen LogP contribution < -0.4 is 15.8 Å². The van der Waals surface area contributed by atoms with Crippen LogP contribution in [0.1, 0.15) is 0 Å². The molecule has 14 heavy (non-hydrogen) atoms. The second-order valence-corrected chi connectivity index (χ2v) is 3.41. The van der Waals surface area contributed by atoms with Crippen LogP contribution in [0.15, 0.2) is 16.6 Å². The summed E-state index contributed by atoms with van der Waals surface area (Å²) in [5, 5.41) is 2.77. The first-order chi connectivity index (χ1) is 6.54. The lowest BCUT2D eigenvalue weighted by Crippen LogP contribution is -2.06. The number of hydrogen-bond acceptors (Lipinski definition) is 3. The first kappa shape index (κ1) is 11.0. The van der Waals surface area contributed by atoms with E-state index in [1.165, 1.54) is 6.07 Å². The number of anilines is 2. The average molecular weight is 267 g/mol. The zero-order valence-corrected chi connectivity index (χ0v) is 8.94. The number of benzene rings is 1. The molecule has 0 unspecified atom stereocenters. The highest BCUT2D eigenvalue weighted by Gasteiger charge is 2.11. The Hall–Kier alpha value is -1.04. The van der Waals surface area contributed by atoms with E-state index in [1.807, 2.05) is 0 Å². The van der Waals surface area contributed by atoms with Crippen molar-refractivity contribution >= 4 is 27.3 Å². The molecule has 0 saturated heterocycles. The maximum atomic E-state index is 12.0. The summed E-state index contributed by atoms with van der Waals surface area (Å²) in [5.74, 6) is -0.0428. The molecule has 0 fully saturated rings. The van der Waals surface area contributed by atoms with Crippen LogP contribution in [-0.4, -0.2) is 13.7 Å². The van der Waals surface area contributed by atoms with E-state index in [-0.39, 0.29) is 11.4 Å². The first-order valence-electron chi connectivity index (χ1n) is 3.76. The van der Waals surface area contributed by atoms with E-state index < -0.39 is 6.61 Å². The van der Waals surface area contributed by atoms with Crippen molar-refractivity contribution in [2.75, 3.05) is 18.1 Å². The molecule has 0 heterocycles. The molecular weight excluding hydrogens is 258 g/mol. The number of alkyl halides is 2. The predicted octanol–water partition coefficient (Wildman–Crippen LogP) is 2.67. The van der Waals surface area contributed by atoms with Crippen molar-refractivity contribution in [3.63, 3.8) is 0 Å². The van der Waals surface area contributed by atoms with Crippen molar-refractivity contribution in [1.29, 1.82) is 0 Å². The minimum absolute atomic E-state index is 0.0428. The van der Waals surface area contributed by atoms with Gasteiger partial charge in [-0.05, 0) is 12.1 Å². The van der Waals surface area contributed by atoms with Gasteiger partial charge in [0.15, 0.2) is 5.75 Å². The van der Waals surface area contributed by atoms with Crippen molar-refractivity contribution < 1.29 is 13.5 Å². The van der Waals surface area contributed by atoms with Gasteiger partial charge in [-0.2, -0.15) is 8.78 Å². The quantitative estimate of drug-likeness (QED) is 0.827. The third-order valence-electron chi connectivity index (χ3n) is 1.59. The predicted molar refractivity (Wildman–Crippen MR) is 54.7 cm³/mol. The topological polar surface area (TPSA) is 47.3 Å². The van der Waals surface area contributed by atoms with Gasteiger partial charge in [0.1, 0.15) is 0 Å². The Morgan fingerprint density at radius 2 is 2.14 bits per heavy atom. The molecule has 0 spiro atoms. The summed E-state index contributed by atoms with van der Waals surface area (Å²) in [5.41, 5.74) is 6.27. The molecule has 0 aromatic heterocycles. The molecule has 1 aromatic rings. The molecule has 0 radical (unpaired) electrons. The lowest BCUT2D eigenvalue weighted by Gasteiger charge is -2.12. The van der Waals surface area contributed by atoms with Crippen LogP contribution in [0.4, 0.5) is 20.2 Å². The lowest BCUT2D eigenvalue weighted by molar-refractivity contribution is -0.0493. The highest BCUT2D eigenvalue weighted by molar-refractivity contribution is 9.10. The molecule has 0 amide bonds. The highest BCUT2D eigenvalue weighted by Crippen LogP contribution is 2.34. The Labute approximate surface area is 88.4 Å². The van der Waals surface area contributed by atoms with E-state index in [2.05, 4.69) is 26.0 Å². The van der Waals surface area contributed by atoms with Crippen LogP contribution in [-0.2, 0) is 0 Å². The Morgan fingerprint density at radius 3 is 2.64 bits per heavy atom. The summed E-state index contributed by atoms with van der Waals surface area (Å²) in [6, 6.07) is 3.07. The second-order valence-electron chi connectivity index (χ2n) is 2.49. The van der Waals surface area contributed by atoms with Crippen molar-refractivity contribution in [2.45, 2.75) is 6.61 Å². The monoisotopic (exact) mass is 266 g/mol. The van der Waals surface area contributed by atoms with Gasteiger partial charge < -0.3 is 15.8 Å². The molecule has 3 N–H and O–H groups in total. The van der Waals surface area contributed by atoms with E-state index in [9.17, 15) is 8.78 Å². The molecule has 6 heteroatoms. The third kappa shape index (κ3) is 2.47. The number of halogens is 3. The minimum Gasteiger partial charge on any atom is -0.433 e. The van der Waals surface area contributed by atoms with E-state index >= 15 is 0 Å². The molecule has 0 aliphatic heterocycles. The Balaban J connectivity index is 3.08. The summed E-state index contributed by atoms with van der Waals surface area (Å²) in [6.45, 7) is -2.88. The molecule has 78 valence electrons. The molecule has 0 bridgehead atoms. The molecule has 1 aromatic carbocycles. The fourth-order valence-corrected chi connectivity index (χ4v) is 1.43. The van der Waals surface area contributed by atoms with Gasteiger partial charge in [0.2, 0.25) is 0 Å². The molecule has 0 saturated carbocycles. The number of nitrogens with one attached hydrogen (secondary N) is 1. The third-order valence-corrected chi connectivity index (χ3v) is 2.05. The number of hydrogen-bond donors (Lipinski definition) is 2. The molecular formula is C8H9BrF2N2O. The lowest BCUT2D eigenvalue weighted by atomic mass is 10.2. The second kappa shape index (κ2) is 4.45. The van der Waals surface area contributed by atoms with Crippen LogP contribution in [0.3, 0.4) is 0 Å². The largest absolute Gasteiger partial charge is 0.433 e. The number of ether oxygens (including phenoxy) is 1. The SMILES string of the molecule is CNc1cc(Br)cc(OC(F)F)c1N. The number of rotatable bonds is 3. The average Bonchev–Trinajstić information content (AvgIpc) is 2.09. The van der Waals surface area contributed by atoms with Gasteiger partial charge in [0.05, 0.1) is 11.4 Å². The van der Waals surface area contributed by atoms with Gasteiger partial charge in [-0.15, -0.1) is 0 Å². The van der Waals surface area contributed by atoms with E-state index in [0.29, 0.717) is 10.2 Å². The molecule has 0 aliphatic carbocycles. The van der Waals surface area contributed by atoms with Gasteiger partial charge in [0.25, 0.3) is 0 Å². The maximum Gasteiger partial charge on any atom is 0.387 e. The fourth-order valence-electron chi connectivity index (χ4n) is 0.993. The molecule has 3 nitrogen and oxygen atoms in total. The summed E-state index contributed by atoms with van der Waals surface area (Å²) in [4.78, 5) is 0. The summed E-state index contributed by atoms with van der Waals surface area (Å²) >= 11 is 3.16. The zero-order chi connectivity index (χ0) is 10.7. The van der Waals surface area contributed by atoms with Gasteiger partial charge in [-0.3, -0.25) is 0 Å². The van der Waals surface area contributed by atoms with Gasteiger partial charge in [-0.25, -0.2) is 0 Å². The molecule has 0 atom stereocenters. The van der Waals surface area contributed by atoms with Crippen molar-refractivity contribution in [1.82, 2.24) is 0 Å². The van der Waals surface area contributed by atoms with Gasteiger partial charge >= 0.3 is 6.61 Å². The van der Waals surface area contributed by atoms with Crippen LogP contribution in [0.5, 0.6) is 5.75 Å². The standard InChI is InChI=1S/C8H9BrF2N2O/c1-13-5-2-4(9)3-6(7(5)12)14-8(10)11/h2-3,8,13H,12H2,1H3. The van der Waals surface area contributed by atoms with Crippen LogP contribution in [0.2, 0.25) is 0 Å². The smallest absolute Gasteiger partial charge is 0.387 e. The maximum absolute atomic E-state index is 12.0. The van der Waals surface area contributed by atoms with Crippen molar-refractivity contribution in [3.8, 4) is 5.75 Å². The highest BCUT2D eigenvalue weighted by atomic mass is 79.9. The van der Waals surface area contributed by atoms with Crippen molar-refractivity contribution in [3.05, 3.63) is 16.6 Å². The molecule has 1 rings (SSSR count). The fraction of sp³-hybridized carbons (Fsp3) is 0.250. The van der Waals surface area contributed by atoms with E-state index in [0.717, 1.165) is 0 Å². The van der Waals surface area contributed by atoms with Gasteiger partial charge in [0, 0.05) is 11.5 Å². The summed E-state index contributed by atoms with van der Waals surface area (Å²) in [6.07, 6.45) is 0. The van der Waals surface area contributed by atoms with Crippen LogP contribution in [0, 0.1) is 0 Å². The van der Waals surface area contributed by atoms with E-state index in [1.54, 1.807) is 13.1 Å². The number of nitrogen functional groups attached to an aromatic ring is 1. The Kier molecular flexibility index (Phi) is 3.51. The van der Waals surface area contributed by atoms with E-state index in [4.69, 9.17) is 5.73 Å². The van der Waals surface area contributed by atoms with Crippen LogP contribution >= 0.6 is 15.9 Å². The molecule has 0 aliphatic rings. The Morgan fingerprint density at radius 1 is 1.50 bits per heavy atom. The number of nitrogens with two attached hydrogens (primary N) is 1. The minimum atomic E-state index is -2.88. The summed E-state index contributed by atoms with van der Waals surface area (Å²) < 4.78 is 28.8. The summed E-state index contributed by atoms with van der Waals surface area (Å²) in [7, 11) is 1.64. The zero-order valence-electron chi connectivity index (χ0n) is 7.35.